The SMILES string of the molecule is O=C(O)c1ncccc1Oc1ccccn1. The summed E-state index contributed by atoms with van der Waals surface area (Å²) in [7, 11) is 0. The van der Waals surface area contributed by atoms with Gasteiger partial charge in [0.25, 0.3) is 0 Å². The third kappa shape index (κ3) is 2.14. The van der Waals surface area contributed by atoms with Gasteiger partial charge in [0.2, 0.25) is 5.88 Å². The predicted molar refractivity (Wildman–Crippen MR) is 55.5 cm³/mol. The van der Waals surface area contributed by atoms with Crippen LogP contribution in [0.5, 0.6) is 11.6 Å². The third-order valence-corrected chi connectivity index (χ3v) is 1.83. The van der Waals surface area contributed by atoms with Crippen molar-refractivity contribution in [3.8, 4) is 11.6 Å². The summed E-state index contributed by atoms with van der Waals surface area (Å²) in [5.41, 5.74) is -0.131. The molecule has 0 aliphatic heterocycles. The zero-order valence-corrected chi connectivity index (χ0v) is 8.20. The van der Waals surface area contributed by atoms with Crippen LogP contribution in [-0.2, 0) is 0 Å². The van der Waals surface area contributed by atoms with Crippen molar-refractivity contribution in [1.82, 2.24) is 9.97 Å². The Morgan fingerprint density at radius 3 is 2.62 bits per heavy atom. The largest absolute Gasteiger partial charge is 0.476 e. The molecule has 0 aliphatic carbocycles. The molecule has 5 heteroatoms. The van der Waals surface area contributed by atoms with Crippen LogP contribution in [0.4, 0.5) is 0 Å². The number of aromatic carboxylic acids is 1. The molecule has 5 nitrogen and oxygen atoms in total. The Hall–Kier alpha value is -2.43. The fraction of sp³-hybridized carbons (Fsp3) is 0. The first kappa shape index (κ1) is 10.1. The number of carbonyl (C=O) groups is 1. The molecule has 0 amide bonds. The molecule has 0 fully saturated rings. The van der Waals surface area contributed by atoms with Crippen molar-refractivity contribution < 1.29 is 14.6 Å². The highest BCUT2D eigenvalue weighted by Crippen LogP contribution is 2.21. The van der Waals surface area contributed by atoms with E-state index in [0.717, 1.165) is 0 Å². The van der Waals surface area contributed by atoms with Gasteiger partial charge in [0.05, 0.1) is 0 Å². The molecule has 0 atom stereocenters. The van der Waals surface area contributed by atoms with E-state index in [1.54, 1.807) is 30.5 Å². The molecule has 0 spiro atoms. The van der Waals surface area contributed by atoms with Gasteiger partial charge < -0.3 is 9.84 Å². The van der Waals surface area contributed by atoms with Crippen molar-refractivity contribution in [2.75, 3.05) is 0 Å². The van der Waals surface area contributed by atoms with Crippen LogP contribution in [0.1, 0.15) is 10.5 Å². The lowest BCUT2D eigenvalue weighted by Gasteiger charge is -2.05. The van der Waals surface area contributed by atoms with Crippen molar-refractivity contribution in [3.05, 3.63) is 48.4 Å². The number of nitrogens with zero attached hydrogens (tertiary/aromatic N) is 2. The molecular weight excluding hydrogens is 208 g/mol. The lowest BCUT2D eigenvalue weighted by Crippen LogP contribution is -2.03. The molecule has 16 heavy (non-hydrogen) atoms. The standard InChI is InChI=1S/C11H8N2O3/c14-11(15)10-8(4-3-7-13-10)16-9-5-1-2-6-12-9/h1-7H,(H,14,15). The third-order valence-electron chi connectivity index (χ3n) is 1.83. The monoisotopic (exact) mass is 216 g/mol. The summed E-state index contributed by atoms with van der Waals surface area (Å²) in [5.74, 6) is -0.627. The van der Waals surface area contributed by atoms with Crippen molar-refractivity contribution in [1.29, 1.82) is 0 Å². The minimum atomic E-state index is -1.13. The van der Waals surface area contributed by atoms with Crippen LogP contribution in [0, 0.1) is 0 Å². The maximum absolute atomic E-state index is 10.8. The number of rotatable bonds is 3. The van der Waals surface area contributed by atoms with Gasteiger partial charge in [-0.3, -0.25) is 0 Å². The van der Waals surface area contributed by atoms with Gasteiger partial charge in [0, 0.05) is 18.5 Å². The van der Waals surface area contributed by atoms with E-state index < -0.39 is 5.97 Å². The lowest BCUT2D eigenvalue weighted by atomic mass is 10.3. The molecule has 0 saturated carbocycles. The van der Waals surface area contributed by atoms with Crippen LogP contribution in [-0.4, -0.2) is 21.0 Å². The first-order chi connectivity index (χ1) is 7.77. The van der Waals surface area contributed by atoms with E-state index in [-0.39, 0.29) is 11.4 Å². The Morgan fingerprint density at radius 2 is 1.94 bits per heavy atom. The fourth-order valence-electron chi connectivity index (χ4n) is 1.15. The summed E-state index contributed by atoms with van der Waals surface area (Å²) in [6, 6.07) is 8.27. The molecule has 0 saturated heterocycles. The molecule has 0 unspecified atom stereocenters. The second-order valence-electron chi connectivity index (χ2n) is 2.93. The fourth-order valence-corrected chi connectivity index (χ4v) is 1.15. The van der Waals surface area contributed by atoms with Gasteiger partial charge in [-0.1, -0.05) is 6.07 Å². The molecule has 0 radical (unpaired) electrons. The number of hydrogen-bond acceptors (Lipinski definition) is 4. The Morgan fingerprint density at radius 1 is 1.12 bits per heavy atom. The molecule has 2 heterocycles. The van der Waals surface area contributed by atoms with Gasteiger partial charge in [-0.05, 0) is 18.2 Å². The Balaban J connectivity index is 2.31. The maximum atomic E-state index is 10.8. The van der Waals surface area contributed by atoms with Crippen LogP contribution in [0.25, 0.3) is 0 Å². The molecule has 0 aliphatic rings. The minimum absolute atomic E-state index is 0.131. The lowest BCUT2D eigenvalue weighted by molar-refractivity contribution is 0.0687. The molecule has 0 aromatic carbocycles. The van der Waals surface area contributed by atoms with Gasteiger partial charge in [-0.25, -0.2) is 14.8 Å². The zero-order chi connectivity index (χ0) is 11.4. The maximum Gasteiger partial charge on any atom is 0.358 e. The molecular formula is C11H8N2O3. The normalized spacial score (nSPS) is 9.75. The summed E-state index contributed by atoms with van der Waals surface area (Å²) >= 11 is 0. The van der Waals surface area contributed by atoms with E-state index in [2.05, 4.69) is 9.97 Å². The van der Waals surface area contributed by atoms with Gasteiger partial charge >= 0.3 is 5.97 Å². The molecule has 1 N–H and O–H groups in total. The summed E-state index contributed by atoms with van der Waals surface area (Å²) in [6.45, 7) is 0. The number of hydrogen-bond donors (Lipinski definition) is 1. The number of pyridine rings is 2. The molecule has 80 valence electrons. The van der Waals surface area contributed by atoms with E-state index in [1.165, 1.54) is 12.3 Å². The van der Waals surface area contributed by atoms with Crippen LogP contribution >= 0.6 is 0 Å². The van der Waals surface area contributed by atoms with Crippen molar-refractivity contribution in [2.24, 2.45) is 0 Å². The first-order valence-electron chi connectivity index (χ1n) is 4.54. The highest BCUT2D eigenvalue weighted by molar-refractivity contribution is 5.88. The van der Waals surface area contributed by atoms with Crippen LogP contribution < -0.4 is 4.74 Å². The van der Waals surface area contributed by atoms with E-state index in [9.17, 15) is 4.79 Å². The van der Waals surface area contributed by atoms with Crippen molar-refractivity contribution in [3.63, 3.8) is 0 Å². The van der Waals surface area contributed by atoms with Crippen molar-refractivity contribution >= 4 is 5.97 Å². The average molecular weight is 216 g/mol. The number of carboxylic acid groups (broad SMARTS) is 1. The Bertz CT molecular complexity index is 500. The van der Waals surface area contributed by atoms with Gasteiger partial charge in [0.1, 0.15) is 0 Å². The number of ether oxygens (including phenoxy) is 1. The number of aromatic nitrogens is 2. The predicted octanol–water partition coefficient (Wildman–Crippen LogP) is 1.97. The topological polar surface area (TPSA) is 72.3 Å². The second kappa shape index (κ2) is 4.39. The Labute approximate surface area is 91.4 Å². The summed E-state index contributed by atoms with van der Waals surface area (Å²) in [5, 5.41) is 8.88. The van der Waals surface area contributed by atoms with E-state index in [1.807, 2.05) is 0 Å². The number of carboxylic acids is 1. The van der Waals surface area contributed by atoms with E-state index in [0.29, 0.717) is 5.88 Å². The average Bonchev–Trinajstić information content (AvgIpc) is 2.31. The van der Waals surface area contributed by atoms with Crippen molar-refractivity contribution in [2.45, 2.75) is 0 Å². The smallest absolute Gasteiger partial charge is 0.358 e. The van der Waals surface area contributed by atoms with Gasteiger partial charge in [-0.2, -0.15) is 0 Å². The molecule has 2 aromatic heterocycles. The summed E-state index contributed by atoms with van der Waals surface area (Å²) in [4.78, 5) is 18.5. The minimum Gasteiger partial charge on any atom is -0.476 e. The quantitative estimate of drug-likeness (QED) is 0.849. The van der Waals surface area contributed by atoms with E-state index in [4.69, 9.17) is 9.84 Å². The highest BCUT2D eigenvalue weighted by atomic mass is 16.5. The molecule has 2 rings (SSSR count). The van der Waals surface area contributed by atoms with Crippen LogP contribution in [0.15, 0.2) is 42.7 Å². The zero-order valence-electron chi connectivity index (χ0n) is 8.20. The second-order valence-corrected chi connectivity index (χ2v) is 2.93. The van der Waals surface area contributed by atoms with Crippen LogP contribution in [0.2, 0.25) is 0 Å². The summed E-state index contributed by atoms with van der Waals surface area (Å²) in [6.07, 6.45) is 2.96. The van der Waals surface area contributed by atoms with Gasteiger partial charge in [0.15, 0.2) is 11.4 Å². The highest BCUT2D eigenvalue weighted by Gasteiger charge is 2.12. The first-order valence-corrected chi connectivity index (χ1v) is 4.54. The molecule has 2 aromatic rings. The molecule has 0 bridgehead atoms. The van der Waals surface area contributed by atoms with Crippen LogP contribution in [0.3, 0.4) is 0 Å². The summed E-state index contributed by atoms with van der Waals surface area (Å²) < 4.78 is 5.32. The Kier molecular flexibility index (Phi) is 2.77. The van der Waals surface area contributed by atoms with Gasteiger partial charge in [-0.15, -0.1) is 0 Å². The van der Waals surface area contributed by atoms with E-state index >= 15 is 0 Å².